The van der Waals surface area contributed by atoms with Crippen molar-refractivity contribution in [2.45, 2.75) is 0 Å². The summed E-state index contributed by atoms with van der Waals surface area (Å²) in [4.78, 5) is 21.8. The summed E-state index contributed by atoms with van der Waals surface area (Å²) in [5, 5.41) is 18.3. The molecule has 0 saturated carbocycles. The number of carboxylic acid groups (broad SMARTS) is 2. The minimum Gasteiger partial charge on any atom is -0.554 e. The molecule has 1 aromatic rings. The summed E-state index contributed by atoms with van der Waals surface area (Å²) in [6, 6.07) is 4.62. The van der Waals surface area contributed by atoms with Crippen LogP contribution in [0.25, 0.3) is 0 Å². The minimum atomic E-state index is -1.24. The number of nitrogens with zero attached hydrogens (tertiary/aromatic N) is 1. The zero-order chi connectivity index (χ0) is 9.40. The van der Waals surface area contributed by atoms with Gasteiger partial charge in [-0.05, 0) is 12.1 Å². The molecule has 0 spiro atoms. The Morgan fingerprint density at radius 3 is 2.23 bits per heavy atom. The first-order valence-corrected chi connectivity index (χ1v) is 2.90. The molecule has 13 heavy (non-hydrogen) atoms. The molecule has 0 N–H and O–H groups in total. The summed E-state index contributed by atoms with van der Waals surface area (Å²) in [5.41, 5.74) is -0.0301. The van der Waals surface area contributed by atoms with Crippen LogP contribution in [-0.4, -0.2) is 17.4 Å². The van der Waals surface area contributed by atoms with E-state index < -0.39 is 12.4 Å². The molecule has 1 heterocycles. The van der Waals surface area contributed by atoms with E-state index in [9.17, 15) is 9.90 Å². The number of hydrogen-bond donors (Lipinski definition) is 0. The summed E-state index contributed by atoms with van der Waals surface area (Å²) in [6.45, 7) is -0.500. The fourth-order valence-corrected chi connectivity index (χ4v) is 0.484. The van der Waals surface area contributed by atoms with Gasteiger partial charge in [0.25, 0.3) is 0 Å². The molecule has 0 fully saturated rings. The van der Waals surface area contributed by atoms with Crippen molar-refractivity contribution in [3.8, 4) is 0 Å². The molecule has 5 nitrogen and oxygen atoms in total. The normalized spacial score (nSPS) is 7.08. The number of carbonyl (C=O) groups excluding carboxylic acids is 2. The van der Waals surface area contributed by atoms with Crippen LogP contribution in [0, 0.1) is 0 Å². The van der Waals surface area contributed by atoms with Gasteiger partial charge in [0.05, 0.1) is 11.7 Å². The molecule has 0 atom stereocenters. The largest absolute Gasteiger partial charge is 2.00 e. The SMILES string of the molecule is O=C([O-])c1ccccn1.O=C[O-].[Cr+2]. The van der Waals surface area contributed by atoms with Gasteiger partial charge in [0.15, 0.2) is 0 Å². The standard InChI is InChI=1S/C6H5NO2.CH2O2.Cr/c8-6(9)5-3-1-2-4-7-5;2-1-3;/h1-4H,(H,8,9);1H,(H,2,3);/q;;+2/p-2. The van der Waals surface area contributed by atoms with E-state index in [4.69, 9.17) is 9.90 Å². The molecule has 0 bridgehead atoms. The Balaban J connectivity index is 0. The minimum absolute atomic E-state index is 0. The van der Waals surface area contributed by atoms with E-state index in [0.717, 1.165) is 0 Å². The third-order valence-electron chi connectivity index (χ3n) is 0.874. The summed E-state index contributed by atoms with van der Waals surface area (Å²) >= 11 is 0. The van der Waals surface area contributed by atoms with Gasteiger partial charge in [-0.15, -0.1) is 0 Å². The first-order chi connectivity index (χ1) is 5.72. The quantitative estimate of drug-likeness (QED) is 0.500. The van der Waals surface area contributed by atoms with Gasteiger partial charge in [-0.3, -0.25) is 4.98 Å². The maximum Gasteiger partial charge on any atom is 2.00 e. The third kappa shape index (κ3) is 7.00. The van der Waals surface area contributed by atoms with Crippen LogP contribution >= 0.6 is 0 Å². The van der Waals surface area contributed by atoms with Crippen LogP contribution in [0.1, 0.15) is 10.5 Å². The number of aromatic carboxylic acids is 1. The number of pyridine rings is 1. The Labute approximate surface area is 85.2 Å². The molecule has 0 unspecified atom stereocenters. The molecule has 0 aromatic carbocycles. The van der Waals surface area contributed by atoms with E-state index in [0.29, 0.717) is 0 Å². The van der Waals surface area contributed by atoms with Crippen molar-refractivity contribution in [2.24, 2.45) is 0 Å². The molecule has 1 aromatic heterocycles. The molecule has 0 radical (unpaired) electrons. The number of aromatic nitrogens is 1. The molecule has 0 aliphatic rings. The van der Waals surface area contributed by atoms with Crippen molar-refractivity contribution >= 4 is 12.4 Å². The fraction of sp³-hybridized carbons (Fsp3) is 0. The maximum atomic E-state index is 10.0. The Bertz CT molecular complexity index is 252. The van der Waals surface area contributed by atoms with E-state index >= 15 is 0 Å². The molecule has 6 heteroatoms. The second kappa shape index (κ2) is 8.72. The Kier molecular flexibility index (Phi) is 9.50. The number of carbonyl (C=O) groups is 2. The van der Waals surface area contributed by atoms with Crippen molar-refractivity contribution in [1.82, 2.24) is 4.98 Å². The van der Waals surface area contributed by atoms with E-state index in [2.05, 4.69) is 4.98 Å². The Morgan fingerprint density at radius 2 is 2.00 bits per heavy atom. The summed E-state index contributed by atoms with van der Waals surface area (Å²) in [7, 11) is 0. The maximum absolute atomic E-state index is 10.0. The number of rotatable bonds is 1. The van der Waals surface area contributed by atoms with Crippen molar-refractivity contribution in [1.29, 1.82) is 0 Å². The van der Waals surface area contributed by atoms with Crippen LogP contribution in [0.2, 0.25) is 0 Å². The molecule has 1 rings (SSSR count). The summed E-state index contributed by atoms with van der Waals surface area (Å²) < 4.78 is 0. The van der Waals surface area contributed by atoms with Crippen molar-refractivity contribution < 1.29 is 37.2 Å². The topological polar surface area (TPSA) is 93.2 Å². The van der Waals surface area contributed by atoms with E-state index in [1.165, 1.54) is 12.3 Å². The van der Waals surface area contributed by atoms with Crippen molar-refractivity contribution in [3.05, 3.63) is 30.1 Å². The molecular formula is C7H5CrNO4. The molecule has 0 aliphatic heterocycles. The first kappa shape index (κ1) is 14.2. The van der Waals surface area contributed by atoms with Crippen LogP contribution < -0.4 is 10.2 Å². The van der Waals surface area contributed by atoms with E-state index in [1.807, 2.05) is 0 Å². The molecule has 0 aliphatic carbocycles. The second-order valence-electron chi connectivity index (χ2n) is 1.60. The van der Waals surface area contributed by atoms with Crippen LogP contribution in [0.3, 0.4) is 0 Å². The number of hydrogen-bond acceptors (Lipinski definition) is 5. The average molecular weight is 219 g/mol. The van der Waals surface area contributed by atoms with Crippen molar-refractivity contribution in [3.63, 3.8) is 0 Å². The van der Waals surface area contributed by atoms with Gasteiger partial charge in [0.1, 0.15) is 0 Å². The van der Waals surface area contributed by atoms with Gasteiger partial charge in [-0.2, -0.15) is 0 Å². The molecule has 0 amide bonds. The number of carboxylic acids is 1. The zero-order valence-electron chi connectivity index (χ0n) is 6.38. The Morgan fingerprint density at radius 1 is 1.46 bits per heavy atom. The first-order valence-electron chi connectivity index (χ1n) is 2.90. The van der Waals surface area contributed by atoms with E-state index in [-0.39, 0.29) is 23.1 Å². The zero-order valence-corrected chi connectivity index (χ0v) is 7.65. The van der Waals surface area contributed by atoms with Gasteiger partial charge < -0.3 is 19.8 Å². The van der Waals surface area contributed by atoms with Gasteiger partial charge in [0.2, 0.25) is 0 Å². The van der Waals surface area contributed by atoms with Crippen LogP contribution in [0.4, 0.5) is 0 Å². The average Bonchev–Trinajstić information content (AvgIpc) is 2.07. The third-order valence-corrected chi connectivity index (χ3v) is 0.874. The molecular weight excluding hydrogens is 214 g/mol. The summed E-state index contributed by atoms with van der Waals surface area (Å²) in [6.07, 6.45) is 1.41. The fourth-order valence-electron chi connectivity index (χ4n) is 0.484. The van der Waals surface area contributed by atoms with Gasteiger partial charge in [-0.25, -0.2) is 0 Å². The predicted molar refractivity (Wildman–Crippen MR) is 34.6 cm³/mol. The van der Waals surface area contributed by atoms with Crippen LogP contribution in [-0.2, 0) is 22.2 Å². The predicted octanol–water partition coefficient (Wildman–Crippen LogP) is -2.19. The van der Waals surface area contributed by atoms with Crippen LogP contribution in [0.5, 0.6) is 0 Å². The molecule has 0 saturated heterocycles. The smallest absolute Gasteiger partial charge is 0.554 e. The second-order valence-corrected chi connectivity index (χ2v) is 1.60. The van der Waals surface area contributed by atoms with Gasteiger partial charge in [-0.1, -0.05) is 6.07 Å². The van der Waals surface area contributed by atoms with Crippen LogP contribution in [0.15, 0.2) is 24.4 Å². The van der Waals surface area contributed by atoms with Crippen molar-refractivity contribution in [2.75, 3.05) is 0 Å². The van der Waals surface area contributed by atoms with Gasteiger partial charge >= 0.3 is 17.4 Å². The molecule has 68 valence electrons. The van der Waals surface area contributed by atoms with Gasteiger partial charge in [0, 0.05) is 12.7 Å². The van der Waals surface area contributed by atoms with E-state index in [1.54, 1.807) is 12.1 Å². The summed E-state index contributed by atoms with van der Waals surface area (Å²) in [5.74, 6) is -1.24. The monoisotopic (exact) mass is 219 g/mol. The Hall–Kier alpha value is -1.38.